The van der Waals surface area contributed by atoms with Gasteiger partial charge in [0.2, 0.25) is 5.91 Å². The Balaban J connectivity index is 2.10. The average Bonchev–Trinajstić information content (AvgIpc) is 2.53. The quantitative estimate of drug-likeness (QED) is 0.798. The summed E-state index contributed by atoms with van der Waals surface area (Å²) >= 11 is 6.58. The van der Waals surface area contributed by atoms with Crippen molar-refractivity contribution in [2.24, 2.45) is 0 Å². The van der Waals surface area contributed by atoms with E-state index in [9.17, 15) is 4.79 Å². The first-order valence-corrected chi connectivity index (χ1v) is 7.85. The molecule has 0 radical (unpaired) electrons. The van der Waals surface area contributed by atoms with E-state index in [0.29, 0.717) is 6.54 Å². The minimum atomic E-state index is -0.145. The van der Waals surface area contributed by atoms with E-state index >= 15 is 0 Å². The number of nitrogens with one attached hydrogen (secondary N) is 1. The number of amides is 1. The molecule has 22 heavy (non-hydrogen) atoms. The van der Waals surface area contributed by atoms with Crippen molar-refractivity contribution in [3.05, 3.63) is 60.2 Å². The van der Waals surface area contributed by atoms with Gasteiger partial charge in [0.25, 0.3) is 0 Å². The minimum absolute atomic E-state index is 0.0808. The van der Waals surface area contributed by atoms with Crippen LogP contribution < -0.4 is 10.2 Å². The van der Waals surface area contributed by atoms with Gasteiger partial charge in [-0.25, -0.2) is 0 Å². The number of carbonyl (C=O) groups is 1. The van der Waals surface area contributed by atoms with Crippen LogP contribution in [0, 0.1) is 0 Å². The largest absolute Gasteiger partial charge is 0.370 e. The fourth-order valence-corrected chi connectivity index (χ4v) is 2.67. The lowest BCUT2D eigenvalue weighted by atomic mass is 10.1. The second-order valence-electron chi connectivity index (χ2n) is 5.15. The molecule has 1 unspecified atom stereocenters. The van der Waals surface area contributed by atoms with E-state index in [1.54, 1.807) is 0 Å². The van der Waals surface area contributed by atoms with E-state index in [1.807, 2.05) is 42.5 Å². The van der Waals surface area contributed by atoms with Crippen LogP contribution in [-0.2, 0) is 4.79 Å². The van der Waals surface area contributed by atoms with Gasteiger partial charge in [-0.3, -0.25) is 4.79 Å². The Labute approximate surface area is 136 Å². The molecule has 3 nitrogen and oxygen atoms in total. The molecular formula is C18H21ClN2O. The summed E-state index contributed by atoms with van der Waals surface area (Å²) < 4.78 is 0. The van der Waals surface area contributed by atoms with Crippen LogP contribution in [0.5, 0.6) is 0 Å². The summed E-state index contributed by atoms with van der Waals surface area (Å²) in [6.45, 7) is 5.22. The number of benzene rings is 2. The van der Waals surface area contributed by atoms with E-state index in [1.165, 1.54) is 6.92 Å². The number of rotatable bonds is 6. The standard InChI is InChI=1S/C18H21ClN2O/c1-3-21(17-10-5-4-6-11-17)13-18(19)15-8-7-9-16(12-15)20-14(2)22/h4-12,18H,3,13H2,1-2H3,(H,20,22). The van der Waals surface area contributed by atoms with Crippen LogP contribution in [0.3, 0.4) is 0 Å². The van der Waals surface area contributed by atoms with Gasteiger partial charge in [0.05, 0.1) is 5.38 Å². The minimum Gasteiger partial charge on any atom is -0.370 e. The highest BCUT2D eigenvalue weighted by Gasteiger charge is 2.14. The molecule has 0 spiro atoms. The number of carbonyl (C=O) groups excluding carboxylic acids is 1. The second-order valence-corrected chi connectivity index (χ2v) is 5.68. The Bertz CT molecular complexity index is 615. The first kappa shape index (κ1) is 16.4. The Morgan fingerprint density at radius 1 is 1.18 bits per heavy atom. The summed E-state index contributed by atoms with van der Waals surface area (Å²) in [5.41, 5.74) is 2.94. The number of likely N-dealkylation sites (N-methyl/N-ethyl adjacent to an activating group) is 1. The summed E-state index contributed by atoms with van der Waals surface area (Å²) in [7, 11) is 0. The molecule has 0 bridgehead atoms. The van der Waals surface area contributed by atoms with Crippen molar-refractivity contribution in [3.63, 3.8) is 0 Å². The highest BCUT2D eigenvalue weighted by atomic mass is 35.5. The van der Waals surface area contributed by atoms with Gasteiger partial charge < -0.3 is 10.2 Å². The first-order chi connectivity index (χ1) is 10.6. The monoisotopic (exact) mass is 316 g/mol. The van der Waals surface area contributed by atoms with Crippen molar-refractivity contribution >= 4 is 28.9 Å². The van der Waals surface area contributed by atoms with Crippen molar-refractivity contribution in [1.29, 1.82) is 0 Å². The Kier molecular flexibility index (Phi) is 5.84. The molecule has 0 aliphatic heterocycles. The highest BCUT2D eigenvalue weighted by molar-refractivity contribution is 6.21. The molecule has 0 heterocycles. The van der Waals surface area contributed by atoms with Crippen molar-refractivity contribution < 1.29 is 4.79 Å². The molecule has 0 saturated heterocycles. The third kappa shape index (κ3) is 4.50. The van der Waals surface area contributed by atoms with Crippen LogP contribution in [0.25, 0.3) is 0 Å². The summed E-state index contributed by atoms with van der Waals surface area (Å²) in [5, 5.41) is 2.64. The molecular weight excluding hydrogens is 296 g/mol. The van der Waals surface area contributed by atoms with E-state index in [0.717, 1.165) is 23.5 Å². The van der Waals surface area contributed by atoms with Gasteiger partial charge in [-0.05, 0) is 36.8 Å². The zero-order chi connectivity index (χ0) is 15.9. The Morgan fingerprint density at radius 2 is 1.91 bits per heavy atom. The average molecular weight is 317 g/mol. The molecule has 2 aromatic carbocycles. The van der Waals surface area contributed by atoms with Gasteiger partial charge in [-0.2, -0.15) is 0 Å². The fraction of sp³-hybridized carbons (Fsp3) is 0.278. The number of anilines is 2. The maximum absolute atomic E-state index is 11.2. The number of hydrogen-bond acceptors (Lipinski definition) is 2. The third-order valence-electron chi connectivity index (χ3n) is 3.45. The lowest BCUT2D eigenvalue weighted by Gasteiger charge is -2.26. The molecule has 1 atom stereocenters. The van der Waals surface area contributed by atoms with Crippen LogP contribution in [0.15, 0.2) is 54.6 Å². The number of para-hydroxylation sites is 1. The smallest absolute Gasteiger partial charge is 0.221 e. The highest BCUT2D eigenvalue weighted by Crippen LogP contribution is 2.26. The molecule has 4 heteroatoms. The molecule has 2 rings (SSSR count). The van der Waals surface area contributed by atoms with Crippen LogP contribution >= 0.6 is 11.6 Å². The van der Waals surface area contributed by atoms with Crippen molar-refractivity contribution in [2.75, 3.05) is 23.3 Å². The van der Waals surface area contributed by atoms with E-state index < -0.39 is 0 Å². The van der Waals surface area contributed by atoms with Crippen molar-refractivity contribution in [3.8, 4) is 0 Å². The van der Waals surface area contributed by atoms with Gasteiger partial charge in [-0.15, -0.1) is 11.6 Å². The van der Waals surface area contributed by atoms with Crippen LogP contribution in [0.4, 0.5) is 11.4 Å². The lowest BCUT2D eigenvalue weighted by Crippen LogP contribution is -2.26. The molecule has 0 aliphatic carbocycles. The molecule has 116 valence electrons. The van der Waals surface area contributed by atoms with Gasteiger partial charge >= 0.3 is 0 Å². The number of alkyl halides is 1. The maximum Gasteiger partial charge on any atom is 0.221 e. The molecule has 1 N–H and O–H groups in total. The summed E-state index contributed by atoms with van der Waals surface area (Å²) in [6, 6.07) is 17.9. The number of halogens is 1. The summed E-state index contributed by atoms with van der Waals surface area (Å²) in [6.07, 6.45) is 0. The van der Waals surface area contributed by atoms with E-state index in [-0.39, 0.29) is 11.3 Å². The van der Waals surface area contributed by atoms with Gasteiger partial charge in [0.1, 0.15) is 0 Å². The van der Waals surface area contributed by atoms with Crippen LogP contribution in [0.1, 0.15) is 24.8 Å². The summed E-state index contributed by atoms with van der Waals surface area (Å²) in [5.74, 6) is -0.0808. The van der Waals surface area contributed by atoms with Crippen LogP contribution in [0.2, 0.25) is 0 Å². The zero-order valence-corrected chi connectivity index (χ0v) is 13.7. The van der Waals surface area contributed by atoms with E-state index in [2.05, 4.69) is 29.3 Å². The van der Waals surface area contributed by atoms with Crippen molar-refractivity contribution in [1.82, 2.24) is 0 Å². The Hall–Kier alpha value is -2.00. The van der Waals surface area contributed by atoms with Crippen molar-refractivity contribution in [2.45, 2.75) is 19.2 Å². The SMILES string of the molecule is CCN(CC(Cl)c1cccc(NC(C)=O)c1)c1ccccc1. The Morgan fingerprint density at radius 3 is 2.55 bits per heavy atom. The fourth-order valence-electron chi connectivity index (χ4n) is 2.37. The third-order valence-corrected chi connectivity index (χ3v) is 3.84. The first-order valence-electron chi connectivity index (χ1n) is 7.41. The predicted octanol–water partition coefficient (Wildman–Crippen LogP) is 4.45. The van der Waals surface area contributed by atoms with Gasteiger partial charge in [0.15, 0.2) is 0 Å². The molecule has 0 fully saturated rings. The van der Waals surface area contributed by atoms with Crippen LogP contribution in [-0.4, -0.2) is 19.0 Å². The second kappa shape index (κ2) is 7.85. The molecule has 2 aromatic rings. The molecule has 0 saturated carbocycles. The maximum atomic E-state index is 11.2. The topological polar surface area (TPSA) is 32.3 Å². The summed E-state index contributed by atoms with van der Waals surface area (Å²) in [4.78, 5) is 13.4. The number of nitrogens with zero attached hydrogens (tertiary/aromatic N) is 1. The van der Waals surface area contributed by atoms with E-state index in [4.69, 9.17) is 11.6 Å². The van der Waals surface area contributed by atoms with Gasteiger partial charge in [-0.1, -0.05) is 30.3 Å². The molecule has 1 amide bonds. The molecule has 0 aromatic heterocycles. The van der Waals surface area contributed by atoms with Gasteiger partial charge in [0, 0.05) is 31.4 Å². The number of hydrogen-bond donors (Lipinski definition) is 1. The predicted molar refractivity (Wildman–Crippen MR) is 93.7 cm³/mol. The lowest BCUT2D eigenvalue weighted by molar-refractivity contribution is -0.114. The normalized spacial score (nSPS) is 11.8. The molecule has 0 aliphatic rings. The zero-order valence-electron chi connectivity index (χ0n) is 12.9.